The molecule has 0 amide bonds. The highest BCUT2D eigenvalue weighted by molar-refractivity contribution is 7.59. The molecule has 1 saturated heterocycles. The summed E-state index contributed by atoms with van der Waals surface area (Å²) in [6.45, 7) is 3.85. The molecule has 0 spiro atoms. The highest BCUT2D eigenvalue weighted by Gasteiger charge is 2.74. The van der Waals surface area contributed by atoms with Gasteiger partial charge in [-0.1, -0.05) is 0 Å². The molecule has 0 N–H and O–H groups in total. The molecule has 0 saturated carbocycles. The maximum Gasteiger partial charge on any atom is 0.297 e. The summed E-state index contributed by atoms with van der Waals surface area (Å²) in [7, 11) is -3.46. The van der Waals surface area contributed by atoms with Gasteiger partial charge in [-0.05, 0) is 6.92 Å². The molecule has 0 bridgehead atoms. The zero-order valence-electron chi connectivity index (χ0n) is 10.9. The summed E-state index contributed by atoms with van der Waals surface area (Å²) in [5, 5.41) is 22.4. The number of halogens is 1. The Morgan fingerprint density at radius 2 is 1.63 bits per heavy atom. The smallest absolute Gasteiger partial charge is 0.297 e. The van der Waals surface area contributed by atoms with Gasteiger partial charge in [0.05, 0.1) is 6.10 Å². The first kappa shape index (κ1) is 16.3. The summed E-state index contributed by atoms with van der Waals surface area (Å²) in [6.07, 6.45) is -1.48. The van der Waals surface area contributed by atoms with Crippen LogP contribution in [0, 0.1) is 20.2 Å². The summed E-state index contributed by atoms with van der Waals surface area (Å²) in [6, 6.07) is 0. The van der Waals surface area contributed by atoms with Crippen molar-refractivity contribution in [3.05, 3.63) is 20.2 Å². The van der Waals surface area contributed by atoms with Crippen LogP contribution < -0.4 is 0 Å². The maximum absolute atomic E-state index is 12.5. The van der Waals surface area contributed by atoms with E-state index in [-0.39, 0.29) is 5.88 Å². The number of hydrogen-bond donors (Lipinski definition) is 0. The van der Waals surface area contributed by atoms with Crippen LogP contribution in [0.4, 0.5) is 0 Å². The van der Waals surface area contributed by atoms with Gasteiger partial charge in [-0.15, -0.1) is 11.6 Å². The van der Waals surface area contributed by atoms with Gasteiger partial charge in [0.2, 0.25) is 7.37 Å². The third-order valence-electron chi connectivity index (χ3n) is 3.65. The highest BCUT2D eigenvalue weighted by Crippen LogP contribution is 2.62. The Balaban J connectivity index is 3.19. The van der Waals surface area contributed by atoms with Crippen molar-refractivity contribution in [3.8, 4) is 0 Å². The fourth-order valence-corrected chi connectivity index (χ4v) is 6.20. The Bertz CT molecular complexity index is 428. The number of hydrogen-bond acceptors (Lipinski definition) is 6. The largest absolute Gasteiger partial charge is 0.324 e. The lowest BCUT2D eigenvalue weighted by Gasteiger charge is -2.24. The standard InChI is InChI=1S/C9H16ClN2O6P/c1-7(4-10)18-19(17)5-8(2,11(13)14)9(3,6-19)12(15)16/h7H,4-6H2,1-3H3/t7-,8-,9-/m1/s1. The van der Waals surface area contributed by atoms with Crippen molar-refractivity contribution in [3.63, 3.8) is 0 Å². The molecule has 0 aromatic heterocycles. The monoisotopic (exact) mass is 314 g/mol. The van der Waals surface area contributed by atoms with E-state index in [4.69, 9.17) is 16.1 Å². The van der Waals surface area contributed by atoms with Gasteiger partial charge >= 0.3 is 0 Å². The average molecular weight is 315 g/mol. The van der Waals surface area contributed by atoms with Crippen molar-refractivity contribution in [2.45, 2.75) is 38.0 Å². The lowest BCUT2D eigenvalue weighted by atomic mass is 9.84. The van der Waals surface area contributed by atoms with Crippen LogP contribution in [0.5, 0.6) is 0 Å². The number of nitrogens with zero attached hydrogens (tertiary/aromatic N) is 2. The van der Waals surface area contributed by atoms with E-state index in [0.29, 0.717) is 0 Å². The van der Waals surface area contributed by atoms with Crippen molar-refractivity contribution in [1.29, 1.82) is 0 Å². The predicted octanol–water partition coefficient (Wildman–Crippen LogP) is 1.99. The Labute approximate surface area is 115 Å². The fourth-order valence-electron chi connectivity index (χ4n) is 2.27. The fraction of sp³-hybridized carbons (Fsp3) is 1.00. The van der Waals surface area contributed by atoms with E-state index in [1.54, 1.807) is 6.92 Å². The summed E-state index contributed by atoms with van der Waals surface area (Å²) in [5.41, 5.74) is -3.84. The van der Waals surface area contributed by atoms with E-state index in [2.05, 4.69) is 0 Å². The molecule has 1 aliphatic rings. The molecule has 1 aliphatic heterocycles. The minimum Gasteiger partial charge on any atom is -0.324 e. The zero-order chi connectivity index (χ0) is 15.1. The van der Waals surface area contributed by atoms with E-state index >= 15 is 0 Å². The predicted molar refractivity (Wildman–Crippen MR) is 69.4 cm³/mol. The normalized spacial score (nSPS) is 34.9. The molecule has 0 unspecified atom stereocenters. The minimum atomic E-state index is -3.46. The molecule has 1 fully saturated rings. The van der Waals surface area contributed by atoms with Gasteiger partial charge in [0.1, 0.15) is 12.3 Å². The van der Waals surface area contributed by atoms with E-state index < -0.39 is 46.7 Å². The van der Waals surface area contributed by atoms with Gasteiger partial charge in [0.25, 0.3) is 11.1 Å². The second-order valence-electron chi connectivity index (χ2n) is 5.26. The van der Waals surface area contributed by atoms with Crippen molar-refractivity contribution >= 4 is 19.0 Å². The number of nitro groups is 2. The zero-order valence-corrected chi connectivity index (χ0v) is 12.5. The summed E-state index contributed by atoms with van der Waals surface area (Å²) >= 11 is 5.55. The molecular weight excluding hydrogens is 299 g/mol. The van der Waals surface area contributed by atoms with Gasteiger partial charge in [-0.25, -0.2) is 0 Å². The van der Waals surface area contributed by atoms with Crippen molar-refractivity contribution in [1.82, 2.24) is 0 Å². The molecule has 110 valence electrons. The lowest BCUT2D eigenvalue weighted by Crippen LogP contribution is -2.59. The van der Waals surface area contributed by atoms with Crippen LogP contribution in [-0.2, 0) is 9.09 Å². The Hall–Kier alpha value is -0.720. The summed E-state index contributed by atoms with van der Waals surface area (Å²) < 4.78 is 17.8. The van der Waals surface area contributed by atoms with Gasteiger partial charge in [-0.3, -0.25) is 24.8 Å². The van der Waals surface area contributed by atoms with Crippen molar-refractivity contribution < 1.29 is 18.9 Å². The SMILES string of the molecule is C[C@H](CCl)OP1(=O)C[C@@](C)([N+](=O)[O-])[C@](C)([N+](=O)[O-])C1. The third kappa shape index (κ3) is 2.61. The van der Waals surface area contributed by atoms with Crippen LogP contribution in [0.25, 0.3) is 0 Å². The summed E-state index contributed by atoms with van der Waals surface area (Å²) in [4.78, 5) is 20.9. The Morgan fingerprint density at radius 1 is 1.26 bits per heavy atom. The van der Waals surface area contributed by atoms with Gasteiger partial charge < -0.3 is 4.52 Å². The Kier molecular flexibility index (Phi) is 4.29. The molecule has 1 rings (SSSR count). The molecule has 19 heavy (non-hydrogen) atoms. The van der Waals surface area contributed by atoms with Crippen molar-refractivity contribution in [2.24, 2.45) is 0 Å². The van der Waals surface area contributed by atoms with Crippen LogP contribution in [0.2, 0.25) is 0 Å². The second kappa shape index (κ2) is 5.00. The van der Waals surface area contributed by atoms with E-state index in [0.717, 1.165) is 13.8 Å². The molecular formula is C9H16ClN2O6P. The van der Waals surface area contributed by atoms with E-state index in [1.807, 2.05) is 0 Å². The average Bonchev–Trinajstić information content (AvgIpc) is 2.48. The van der Waals surface area contributed by atoms with Crippen LogP contribution in [0.3, 0.4) is 0 Å². The van der Waals surface area contributed by atoms with Crippen LogP contribution >= 0.6 is 19.0 Å². The number of alkyl halides is 1. The van der Waals surface area contributed by atoms with Gasteiger partial charge in [0.15, 0.2) is 0 Å². The van der Waals surface area contributed by atoms with Crippen LogP contribution in [0.15, 0.2) is 0 Å². The molecule has 1 heterocycles. The van der Waals surface area contributed by atoms with E-state index in [9.17, 15) is 24.8 Å². The van der Waals surface area contributed by atoms with E-state index in [1.165, 1.54) is 0 Å². The lowest BCUT2D eigenvalue weighted by molar-refractivity contribution is -0.668. The second-order valence-corrected chi connectivity index (χ2v) is 8.04. The van der Waals surface area contributed by atoms with Crippen LogP contribution in [0.1, 0.15) is 20.8 Å². The summed E-state index contributed by atoms with van der Waals surface area (Å²) in [5.74, 6) is 0.0638. The first-order chi connectivity index (χ1) is 8.51. The maximum atomic E-state index is 12.5. The molecule has 0 aromatic carbocycles. The molecule has 8 nitrogen and oxygen atoms in total. The molecule has 0 aliphatic carbocycles. The first-order valence-corrected chi connectivity index (χ1v) is 8.15. The Morgan fingerprint density at radius 3 is 1.89 bits per heavy atom. The quantitative estimate of drug-likeness (QED) is 0.332. The molecule has 0 aromatic rings. The topological polar surface area (TPSA) is 113 Å². The van der Waals surface area contributed by atoms with Crippen molar-refractivity contribution in [2.75, 3.05) is 18.2 Å². The highest BCUT2D eigenvalue weighted by atomic mass is 35.5. The number of rotatable bonds is 5. The molecule has 3 atom stereocenters. The van der Waals surface area contributed by atoms with Gasteiger partial charge in [0, 0.05) is 29.6 Å². The molecule has 10 heteroatoms. The third-order valence-corrected chi connectivity index (χ3v) is 7.03. The van der Waals surface area contributed by atoms with Gasteiger partial charge in [-0.2, -0.15) is 0 Å². The first-order valence-electron chi connectivity index (χ1n) is 5.62. The van der Waals surface area contributed by atoms with Crippen LogP contribution in [-0.4, -0.2) is 45.2 Å². The minimum absolute atomic E-state index is 0.0638. The molecule has 0 radical (unpaired) electrons.